The summed E-state index contributed by atoms with van der Waals surface area (Å²) in [4.78, 5) is 6.49. The number of ether oxygens (including phenoxy) is 1. The highest BCUT2D eigenvalue weighted by atomic mass is 19.4. The smallest absolute Gasteiger partial charge is 0.404 e. The fourth-order valence-electron chi connectivity index (χ4n) is 3.02. The first kappa shape index (κ1) is 19.0. The van der Waals surface area contributed by atoms with Gasteiger partial charge in [0.25, 0.3) is 0 Å². The van der Waals surface area contributed by atoms with Crippen LogP contribution in [0, 0.1) is 0 Å². The summed E-state index contributed by atoms with van der Waals surface area (Å²) in [7, 11) is 0. The monoisotopic (exact) mass is 378 g/mol. The first-order valence-electron chi connectivity index (χ1n) is 8.61. The van der Waals surface area contributed by atoms with Crippen LogP contribution in [0.5, 0.6) is 5.75 Å². The number of rotatable bonds is 5. The number of guanidine groups is 1. The zero-order valence-electron chi connectivity index (χ0n) is 14.7. The normalized spacial score (nSPS) is 15.3. The molecule has 27 heavy (non-hydrogen) atoms. The third-order valence-electron chi connectivity index (χ3n) is 4.28. The van der Waals surface area contributed by atoms with Gasteiger partial charge in [0.15, 0.2) is 11.7 Å². The van der Waals surface area contributed by atoms with Gasteiger partial charge in [0.1, 0.15) is 0 Å². The van der Waals surface area contributed by atoms with Crippen molar-refractivity contribution in [1.29, 1.82) is 0 Å². The van der Waals surface area contributed by atoms with Crippen LogP contribution in [0.2, 0.25) is 0 Å². The molecule has 0 saturated heterocycles. The second-order valence-electron chi connectivity index (χ2n) is 6.23. The summed E-state index contributed by atoms with van der Waals surface area (Å²) < 4.78 is 41.4. The second-order valence-corrected chi connectivity index (χ2v) is 6.23. The van der Waals surface area contributed by atoms with Gasteiger partial charge in [-0.1, -0.05) is 36.4 Å². The molecule has 0 aromatic heterocycles. The van der Waals surface area contributed by atoms with E-state index in [1.54, 1.807) is 6.07 Å². The van der Waals surface area contributed by atoms with Crippen molar-refractivity contribution < 1.29 is 17.9 Å². The van der Waals surface area contributed by atoms with E-state index in [0.717, 1.165) is 26.1 Å². The molecule has 0 fully saturated rings. The van der Waals surface area contributed by atoms with E-state index >= 15 is 0 Å². The zero-order chi connectivity index (χ0) is 19.3. The average molecular weight is 378 g/mol. The van der Waals surface area contributed by atoms with Crippen LogP contribution in [0.3, 0.4) is 0 Å². The van der Waals surface area contributed by atoms with Crippen LogP contribution in [-0.4, -0.2) is 36.9 Å². The van der Waals surface area contributed by atoms with Gasteiger partial charge in [0.2, 0.25) is 0 Å². The number of aliphatic imine (C=N–C) groups is 1. The van der Waals surface area contributed by atoms with Crippen molar-refractivity contribution in [2.24, 2.45) is 10.7 Å². The maximum atomic E-state index is 12.5. The van der Waals surface area contributed by atoms with Crippen LogP contribution < -0.4 is 15.8 Å². The lowest BCUT2D eigenvalue weighted by molar-refractivity contribution is -0.274. The SMILES string of the molecule is NC(=NCCN1CCc2ccccc2C1)Nc1ccccc1OC(F)(F)F. The van der Waals surface area contributed by atoms with Gasteiger partial charge in [-0.3, -0.25) is 9.89 Å². The maximum Gasteiger partial charge on any atom is 0.573 e. The molecule has 2 aromatic rings. The van der Waals surface area contributed by atoms with Crippen molar-refractivity contribution in [3.05, 3.63) is 59.7 Å². The van der Waals surface area contributed by atoms with Crippen LogP contribution in [-0.2, 0) is 13.0 Å². The topological polar surface area (TPSA) is 62.9 Å². The Bertz CT molecular complexity index is 808. The number of fused-ring (bicyclic) bond motifs is 1. The number of anilines is 1. The number of nitrogens with one attached hydrogen (secondary N) is 1. The van der Waals surface area contributed by atoms with Crippen LogP contribution >= 0.6 is 0 Å². The van der Waals surface area contributed by atoms with E-state index in [-0.39, 0.29) is 17.4 Å². The summed E-state index contributed by atoms with van der Waals surface area (Å²) in [6, 6.07) is 14.1. The summed E-state index contributed by atoms with van der Waals surface area (Å²) in [6.45, 7) is 2.98. The highest BCUT2D eigenvalue weighted by molar-refractivity contribution is 5.93. The molecule has 0 aliphatic carbocycles. The number of para-hydroxylation sites is 2. The number of benzene rings is 2. The highest BCUT2D eigenvalue weighted by Crippen LogP contribution is 2.29. The van der Waals surface area contributed by atoms with Crippen molar-refractivity contribution in [3.8, 4) is 5.75 Å². The van der Waals surface area contributed by atoms with Crippen molar-refractivity contribution in [2.45, 2.75) is 19.3 Å². The van der Waals surface area contributed by atoms with Gasteiger partial charge in [0, 0.05) is 19.6 Å². The van der Waals surface area contributed by atoms with Gasteiger partial charge in [-0.15, -0.1) is 13.2 Å². The Morgan fingerprint density at radius 2 is 1.81 bits per heavy atom. The van der Waals surface area contributed by atoms with Crippen molar-refractivity contribution in [2.75, 3.05) is 25.0 Å². The summed E-state index contributed by atoms with van der Waals surface area (Å²) in [5, 5.41) is 2.67. The fraction of sp³-hybridized carbons (Fsp3) is 0.316. The molecule has 0 unspecified atom stereocenters. The number of hydrogen-bond donors (Lipinski definition) is 2. The molecule has 0 bridgehead atoms. The number of nitrogens with two attached hydrogens (primary N) is 1. The Labute approximate surface area is 155 Å². The predicted molar refractivity (Wildman–Crippen MR) is 98.7 cm³/mol. The van der Waals surface area contributed by atoms with Crippen molar-refractivity contribution in [1.82, 2.24) is 4.90 Å². The predicted octanol–water partition coefficient (Wildman–Crippen LogP) is 3.37. The average Bonchev–Trinajstić information content (AvgIpc) is 2.62. The summed E-state index contributed by atoms with van der Waals surface area (Å²) in [5.74, 6) is -0.304. The number of hydrogen-bond acceptors (Lipinski definition) is 3. The largest absolute Gasteiger partial charge is 0.573 e. The van der Waals surface area contributed by atoms with E-state index in [1.165, 1.54) is 29.3 Å². The zero-order valence-corrected chi connectivity index (χ0v) is 14.7. The molecule has 0 radical (unpaired) electrons. The molecule has 0 atom stereocenters. The lowest BCUT2D eigenvalue weighted by Crippen LogP contribution is -2.33. The molecular weight excluding hydrogens is 357 g/mol. The minimum atomic E-state index is -4.77. The molecular formula is C19H21F3N4O. The van der Waals surface area contributed by atoms with E-state index in [9.17, 15) is 13.2 Å². The van der Waals surface area contributed by atoms with Crippen molar-refractivity contribution >= 4 is 11.6 Å². The van der Waals surface area contributed by atoms with E-state index in [1.807, 2.05) is 12.1 Å². The molecule has 8 heteroatoms. The Kier molecular flexibility index (Phi) is 5.85. The first-order chi connectivity index (χ1) is 12.9. The van der Waals surface area contributed by atoms with Crippen LogP contribution in [0.25, 0.3) is 0 Å². The first-order valence-corrected chi connectivity index (χ1v) is 8.61. The minimum absolute atomic E-state index is 0.0469. The van der Waals surface area contributed by atoms with E-state index < -0.39 is 6.36 Å². The fourth-order valence-corrected chi connectivity index (χ4v) is 3.02. The van der Waals surface area contributed by atoms with E-state index in [4.69, 9.17) is 5.73 Å². The molecule has 5 nitrogen and oxygen atoms in total. The van der Waals surface area contributed by atoms with Crippen LogP contribution in [0.4, 0.5) is 18.9 Å². The van der Waals surface area contributed by atoms with Gasteiger partial charge in [0.05, 0.1) is 12.2 Å². The summed E-state index contributed by atoms with van der Waals surface area (Å²) >= 11 is 0. The molecule has 2 aromatic carbocycles. The molecule has 144 valence electrons. The molecule has 0 amide bonds. The van der Waals surface area contributed by atoms with Gasteiger partial charge in [-0.2, -0.15) is 0 Å². The number of nitrogens with zero attached hydrogens (tertiary/aromatic N) is 2. The Morgan fingerprint density at radius 3 is 2.59 bits per heavy atom. The minimum Gasteiger partial charge on any atom is -0.404 e. The van der Waals surface area contributed by atoms with Gasteiger partial charge in [-0.05, 0) is 29.7 Å². The van der Waals surface area contributed by atoms with E-state index in [0.29, 0.717) is 6.54 Å². The molecule has 0 spiro atoms. The lowest BCUT2D eigenvalue weighted by Gasteiger charge is -2.28. The molecule has 3 N–H and O–H groups in total. The maximum absolute atomic E-state index is 12.5. The quantitative estimate of drug-likeness (QED) is 0.619. The van der Waals surface area contributed by atoms with Gasteiger partial charge < -0.3 is 15.8 Å². The third kappa shape index (κ3) is 5.62. The molecule has 1 heterocycles. The standard InChI is InChI=1S/C19H21F3N4O/c20-19(21,22)27-17-8-4-3-7-16(17)25-18(23)24-10-12-26-11-9-14-5-1-2-6-15(14)13-26/h1-8H,9-13H2,(H3,23,24,25). The van der Waals surface area contributed by atoms with E-state index in [2.05, 4.69) is 32.1 Å². The molecule has 1 aliphatic rings. The van der Waals surface area contributed by atoms with Crippen LogP contribution in [0.1, 0.15) is 11.1 Å². The molecule has 0 saturated carbocycles. The number of alkyl halides is 3. The molecule has 3 rings (SSSR count). The lowest BCUT2D eigenvalue weighted by atomic mass is 10.0. The van der Waals surface area contributed by atoms with Crippen molar-refractivity contribution in [3.63, 3.8) is 0 Å². The number of halogens is 3. The summed E-state index contributed by atoms with van der Waals surface area (Å²) in [5.41, 5.74) is 8.62. The second kappa shape index (κ2) is 8.30. The summed E-state index contributed by atoms with van der Waals surface area (Å²) in [6.07, 6.45) is -3.77. The van der Waals surface area contributed by atoms with Gasteiger partial charge in [-0.25, -0.2) is 0 Å². The third-order valence-corrected chi connectivity index (χ3v) is 4.28. The molecule has 1 aliphatic heterocycles. The Hall–Kier alpha value is -2.74. The highest BCUT2D eigenvalue weighted by Gasteiger charge is 2.32. The Morgan fingerprint density at radius 1 is 1.11 bits per heavy atom. The van der Waals surface area contributed by atoms with Crippen LogP contribution in [0.15, 0.2) is 53.5 Å². The van der Waals surface area contributed by atoms with Gasteiger partial charge >= 0.3 is 6.36 Å². The Balaban J connectivity index is 1.54.